The molecule has 1 heterocycles. The van der Waals surface area contributed by atoms with E-state index >= 15 is 0 Å². The lowest BCUT2D eigenvalue weighted by Crippen LogP contribution is -2.05. The normalized spacial score (nSPS) is 10.4. The van der Waals surface area contributed by atoms with Gasteiger partial charge in [-0.2, -0.15) is 0 Å². The summed E-state index contributed by atoms with van der Waals surface area (Å²) in [5, 5.41) is 7.34. The third kappa shape index (κ3) is 4.46. The number of benzene rings is 2. The van der Waals surface area contributed by atoms with Gasteiger partial charge in [-0.1, -0.05) is 59.6 Å². The van der Waals surface area contributed by atoms with Crippen LogP contribution in [-0.4, -0.2) is 9.97 Å². The zero-order valence-electron chi connectivity index (χ0n) is 13.5. The number of hydrogen-bond acceptors (Lipinski definition) is 4. The van der Waals surface area contributed by atoms with E-state index in [0.717, 1.165) is 28.8 Å². The van der Waals surface area contributed by atoms with Gasteiger partial charge in [0.1, 0.15) is 18.0 Å². The Kier molecular flexibility index (Phi) is 5.29. The molecule has 0 spiro atoms. The van der Waals surface area contributed by atoms with E-state index < -0.39 is 0 Å². The molecular formula is C19H19ClN4. The summed E-state index contributed by atoms with van der Waals surface area (Å²) in [6, 6.07) is 18.1. The fourth-order valence-electron chi connectivity index (χ4n) is 2.39. The minimum atomic E-state index is 0.619. The van der Waals surface area contributed by atoms with Crippen molar-refractivity contribution < 1.29 is 0 Å². The number of nitrogens with zero attached hydrogens (tertiary/aromatic N) is 2. The minimum Gasteiger partial charge on any atom is -0.366 e. The fraction of sp³-hybridized carbons (Fsp3) is 0.158. The third-order valence-electron chi connectivity index (χ3n) is 3.64. The summed E-state index contributed by atoms with van der Waals surface area (Å²) in [6.07, 6.45) is 1.55. The highest BCUT2D eigenvalue weighted by atomic mass is 35.5. The second-order valence-electron chi connectivity index (χ2n) is 5.58. The van der Waals surface area contributed by atoms with Crippen molar-refractivity contribution in [2.24, 2.45) is 0 Å². The van der Waals surface area contributed by atoms with Gasteiger partial charge in [0.2, 0.25) is 0 Å². The molecule has 0 saturated heterocycles. The van der Waals surface area contributed by atoms with Gasteiger partial charge in [-0.15, -0.1) is 0 Å². The van der Waals surface area contributed by atoms with Crippen LogP contribution in [-0.2, 0) is 13.1 Å². The van der Waals surface area contributed by atoms with E-state index in [0.29, 0.717) is 6.54 Å². The maximum Gasteiger partial charge on any atom is 0.131 e. The average molecular weight is 339 g/mol. The van der Waals surface area contributed by atoms with Crippen molar-refractivity contribution in [1.82, 2.24) is 9.97 Å². The van der Waals surface area contributed by atoms with Gasteiger partial charge in [0.25, 0.3) is 0 Å². The number of anilines is 2. The van der Waals surface area contributed by atoms with E-state index in [2.05, 4.69) is 51.8 Å². The Morgan fingerprint density at radius 1 is 0.875 bits per heavy atom. The minimum absolute atomic E-state index is 0.619. The fourth-order valence-corrected chi connectivity index (χ4v) is 2.60. The number of rotatable bonds is 6. The molecule has 0 fully saturated rings. The van der Waals surface area contributed by atoms with Crippen LogP contribution in [0.1, 0.15) is 16.7 Å². The topological polar surface area (TPSA) is 49.8 Å². The summed E-state index contributed by atoms with van der Waals surface area (Å²) in [4.78, 5) is 8.51. The van der Waals surface area contributed by atoms with E-state index in [1.54, 1.807) is 6.33 Å². The van der Waals surface area contributed by atoms with Crippen LogP contribution in [0.15, 0.2) is 60.9 Å². The maximum absolute atomic E-state index is 6.17. The molecule has 0 aliphatic rings. The average Bonchev–Trinajstić information content (AvgIpc) is 2.60. The van der Waals surface area contributed by atoms with Crippen LogP contribution < -0.4 is 10.6 Å². The predicted octanol–water partition coefficient (Wildman–Crippen LogP) is 4.66. The number of aromatic nitrogens is 2. The van der Waals surface area contributed by atoms with Crippen LogP contribution in [0.2, 0.25) is 5.02 Å². The second-order valence-corrected chi connectivity index (χ2v) is 5.98. The third-order valence-corrected chi connectivity index (χ3v) is 4.01. The Hall–Kier alpha value is -2.59. The van der Waals surface area contributed by atoms with Crippen LogP contribution >= 0.6 is 11.6 Å². The van der Waals surface area contributed by atoms with E-state index in [4.69, 9.17) is 11.6 Å². The van der Waals surface area contributed by atoms with Gasteiger partial charge in [0.05, 0.1) is 0 Å². The van der Waals surface area contributed by atoms with Crippen molar-refractivity contribution in [1.29, 1.82) is 0 Å². The van der Waals surface area contributed by atoms with Crippen LogP contribution in [0.3, 0.4) is 0 Å². The highest BCUT2D eigenvalue weighted by Gasteiger charge is 2.02. The van der Waals surface area contributed by atoms with Crippen LogP contribution in [0.4, 0.5) is 11.6 Å². The van der Waals surface area contributed by atoms with Crippen LogP contribution in [0.25, 0.3) is 0 Å². The number of nitrogens with one attached hydrogen (secondary N) is 2. The number of halogens is 1. The largest absolute Gasteiger partial charge is 0.366 e. The highest BCUT2D eigenvalue weighted by molar-refractivity contribution is 6.31. The van der Waals surface area contributed by atoms with Gasteiger partial charge in [-0.25, -0.2) is 9.97 Å². The van der Waals surface area contributed by atoms with E-state index in [1.807, 2.05) is 30.3 Å². The monoisotopic (exact) mass is 338 g/mol. The van der Waals surface area contributed by atoms with Crippen molar-refractivity contribution >= 4 is 23.2 Å². The standard InChI is InChI=1S/C19H19ClN4/c1-14-5-4-6-15(9-14)11-21-18-10-19(24-13-23-18)22-12-16-7-2-3-8-17(16)20/h2-10,13H,11-12H2,1H3,(H2,21,22,23,24). The molecule has 0 bridgehead atoms. The molecular weight excluding hydrogens is 320 g/mol. The van der Waals surface area contributed by atoms with Crippen molar-refractivity contribution in [3.63, 3.8) is 0 Å². The Labute approximate surface area is 146 Å². The molecule has 0 amide bonds. The molecule has 24 heavy (non-hydrogen) atoms. The lowest BCUT2D eigenvalue weighted by atomic mass is 10.1. The first-order valence-electron chi connectivity index (χ1n) is 7.79. The summed E-state index contributed by atoms with van der Waals surface area (Å²) in [5.74, 6) is 1.55. The van der Waals surface area contributed by atoms with Gasteiger partial charge >= 0.3 is 0 Å². The SMILES string of the molecule is Cc1cccc(CNc2cc(NCc3ccccc3Cl)ncn2)c1. The van der Waals surface area contributed by atoms with Gasteiger partial charge in [-0.05, 0) is 24.1 Å². The zero-order valence-corrected chi connectivity index (χ0v) is 14.2. The van der Waals surface area contributed by atoms with Crippen molar-refractivity contribution in [3.8, 4) is 0 Å². The summed E-state index contributed by atoms with van der Waals surface area (Å²) < 4.78 is 0. The molecule has 3 aromatic rings. The lowest BCUT2D eigenvalue weighted by Gasteiger charge is -2.10. The quantitative estimate of drug-likeness (QED) is 0.686. The molecule has 5 heteroatoms. The first kappa shape index (κ1) is 16.3. The number of hydrogen-bond donors (Lipinski definition) is 2. The van der Waals surface area contributed by atoms with E-state index in [9.17, 15) is 0 Å². The molecule has 1 aromatic heterocycles. The molecule has 0 unspecified atom stereocenters. The summed E-state index contributed by atoms with van der Waals surface area (Å²) >= 11 is 6.17. The first-order valence-corrected chi connectivity index (χ1v) is 8.17. The molecule has 0 aliphatic carbocycles. The summed E-state index contributed by atoms with van der Waals surface area (Å²) in [7, 11) is 0. The molecule has 0 aliphatic heterocycles. The number of aryl methyl sites for hydroxylation is 1. The molecule has 0 atom stereocenters. The molecule has 2 aromatic carbocycles. The Morgan fingerprint density at radius 3 is 2.38 bits per heavy atom. The van der Waals surface area contributed by atoms with Gasteiger partial charge in [-0.3, -0.25) is 0 Å². The van der Waals surface area contributed by atoms with E-state index in [-0.39, 0.29) is 0 Å². The van der Waals surface area contributed by atoms with E-state index in [1.165, 1.54) is 11.1 Å². The van der Waals surface area contributed by atoms with Gasteiger partial charge in [0.15, 0.2) is 0 Å². The highest BCUT2D eigenvalue weighted by Crippen LogP contribution is 2.17. The predicted molar refractivity (Wildman–Crippen MR) is 99.3 cm³/mol. The van der Waals surface area contributed by atoms with Crippen LogP contribution in [0.5, 0.6) is 0 Å². The van der Waals surface area contributed by atoms with Gasteiger partial charge in [0, 0.05) is 24.2 Å². The molecule has 2 N–H and O–H groups in total. The van der Waals surface area contributed by atoms with Crippen LogP contribution in [0, 0.1) is 6.92 Å². The van der Waals surface area contributed by atoms with Crippen molar-refractivity contribution in [3.05, 3.63) is 82.6 Å². The lowest BCUT2D eigenvalue weighted by molar-refractivity contribution is 1.05. The Morgan fingerprint density at radius 2 is 1.62 bits per heavy atom. The van der Waals surface area contributed by atoms with Crippen molar-refractivity contribution in [2.45, 2.75) is 20.0 Å². The Bertz CT molecular complexity index is 820. The maximum atomic E-state index is 6.17. The molecule has 0 radical (unpaired) electrons. The summed E-state index contributed by atoms with van der Waals surface area (Å²) in [6.45, 7) is 3.43. The van der Waals surface area contributed by atoms with Gasteiger partial charge < -0.3 is 10.6 Å². The molecule has 3 rings (SSSR count). The molecule has 0 saturated carbocycles. The second kappa shape index (κ2) is 7.79. The molecule has 4 nitrogen and oxygen atoms in total. The molecule has 122 valence electrons. The Balaban J connectivity index is 1.60. The first-order chi connectivity index (χ1) is 11.7. The van der Waals surface area contributed by atoms with Crippen molar-refractivity contribution in [2.75, 3.05) is 10.6 Å². The summed E-state index contributed by atoms with van der Waals surface area (Å²) in [5.41, 5.74) is 3.50. The zero-order chi connectivity index (χ0) is 16.8. The smallest absolute Gasteiger partial charge is 0.131 e.